The number of likely N-dealkylation sites (N-methyl/N-ethyl adjacent to an activating group) is 1. The van der Waals surface area contributed by atoms with Gasteiger partial charge < -0.3 is 20.2 Å². The number of benzene rings is 1. The van der Waals surface area contributed by atoms with Crippen LogP contribution >= 0.6 is 0 Å². The van der Waals surface area contributed by atoms with Gasteiger partial charge in [-0.2, -0.15) is 12.7 Å². The van der Waals surface area contributed by atoms with Gasteiger partial charge in [-0.05, 0) is 13.6 Å². The van der Waals surface area contributed by atoms with Gasteiger partial charge in [0.15, 0.2) is 0 Å². The number of likely N-dealkylation sites (tertiary alicyclic amines) is 1. The molecule has 1 atom stereocenters. The molecule has 0 unspecified atom stereocenters. The number of nitrogens with zero attached hydrogens (tertiary/aromatic N) is 1. The normalized spacial score (nSPS) is 19.9. The van der Waals surface area contributed by atoms with E-state index >= 15 is 0 Å². The van der Waals surface area contributed by atoms with Gasteiger partial charge >= 0.3 is 0 Å². The summed E-state index contributed by atoms with van der Waals surface area (Å²) in [6.07, 6.45) is 1.39. The van der Waals surface area contributed by atoms with Crippen LogP contribution in [-0.4, -0.2) is 40.4 Å². The van der Waals surface area contributed by atoms with E-state index in [1.807, 2.05) is 25.2 Å². The van der Waals surface area contributed by atoms with Crippen LogP contribution in [0.4, 0.5) is 0 Å². The summed E-state index contributed by atoms with van der Waals surface area (Å²) < 4.78 is 0. The van der Waals surface area contributed by atoms with E-state index < -0.39 is 0 Å². The van der Waals surface area contributed by atoms with Crippen LogP contribution in [-0.2, 0) is 32.7 Å². The molecule has 0 amide bonds. The molecule has 1 aliphatic heterocycles. The summed E-state index contributed by atoms with van der Waals surface area (Å²) in [6.45, 7) is 1.38. The molecule has 0 aromatic heterocycles. The fraction of sp³-hybridized carbons (Fsp3) is 0.385. The minimum atomic E-state index is -0.250. The second-order valence-corrected chi connectivity index (χ2v) is 3.90. The van der Waals surface area contributed by atoms with Crippen molar-refractivity contribution < 1.29 is 48.0 Å². The Balaban J connectivity index is 0.000000512. The third-order valence-electron chi connectivity index (χ3n) is 2.67. The van der Waals surface area contributed by atoms with Gasteiger partial charge in [0.1, 0.15) is 0 Å². The Bertz CT molecular complexity index is 298. The third kappa shape index (κ3) is 5.43. The van der Waals surface area contributed by atoms with Crippen molar-refractivity contribution in [1.29, 1.82) is 0 Å². The van der Waals surface area contributed by atoms with Gasteiger partial charge in [-0.25, -0.2) is 0 Å². The molecular formula is C13H19NO3Y-2. The van der Waals surface area contributed by atoms with Gasteiger partial charge in [0.2, 0.25) is 0 Å². The summed E-state index contributed by atoms with van der Waals surface area (Å²) in [4.78, 5) is 2.17. The monoisotopic (exact) mass is 326 g/mol. The van der Waals surface area contributed by atoms with Crippen molar-refractivity contribution >= 4 is 0 Å². The van der Waals surface area contributed by atoms with Crippen LogP contribution in [0.2, 0.25) is 0 Å². The molecule has 0 aliphatic carbocycles. The Morgan fingerprint density at radius 3 is 2.33 bits per heavy atom. The fourth-order valence-corrected chi connectivity index (χ4v) is 1.89. The number of aliphatic hydroxyl groups excluding tert-OH is 3. The summed E-state index contributed by atoms with van der Waals surface area (Å²) in [6, 6.07) is 10.2. The van der Waals surface area contributed by atoms with Gasteiger partial charge in [0.05, 0.1) is 0 Å². The molecule has 1 heterocycles. The molecule has 18 heavy (non-hydrogen) atoms. The van der Waals surface area contributed by atoms with Crippen LogP contribution in [0.25, 0.3) is 0 Å². The SMILES string of the molecule is CN1CC[C-](O)[C@@H]1c1ccccc1.O[CH-]CO.[Y]. The zero-order valence-corrected chi connectivity index (χ0v) is 13.4. The minimum Gasteiger partial charge on any atom is -0.564 e. The van der Waals surface area contributed by atoms with Gasteiger partial charge in [0.25, 0.3) is 0 Å². The van der Waals surface area contributed by atoms with Crippen molar-refractivity contribution in [2.45, 2.75) is 12.5 Å². The van der Waals surface area contributed by atoms with Crippen LogP contribution in [0, 0.1) is 12.7 Å². The van der Waals surface area contributed by atoms with Gasteiger partial charge in [-0.1, -0.05) is 48.5 Å². The quantitative estimate of drug-likeness (QED) is 0.721. The molecule has 99 valence electrons. The summed E-state index contributed by atoms with van der Waals surface area (Å²) in [5.41, 5.74) is 1.18. The largest absolute Gasteiger partial charge is 0.564 e. The predicted molar refractivity (Wildman–Crippen MR) is 64.9 cm³/mol. The molecule has 5 heteroatoms. The Labute approximate surface area is 134 Å². The summed E-state index contributed by atoms with van der Waals surface area (Å²) in [5, 5.41) is 24.8. The van der Waals surface area contributed by atoms with Crippen molar-refractivity contribution in [2.24, 2.45) is 0 Å². The Morgan fingerprint density at radius 1 is 1.39 bits per heavy atom. The first kappa shape index (κ1) is 18.2. The molecule has 1 saturated heterocycles. The number of aliphatic hydroxyl groups is 3. The van der Waals surface area contributed by atoms with Crippen LogP contribution in [0.3, 0.4) is 0 Å². The van der Waals surface area contributed by atoms with Crippen molar-refractivity contribution in [3.05, 3.63) is 48.6 Å². The van der Waals surface area contributed by atoms with Crippen LogP contribution in [0.1, 0.15) is 18.0 Å². The molecule has 1 aromatic rings. The molecule has 0 saturated carbocycles. The number of hydrogen-bond donors (Lipinski definition) is 3. The van der Waals surface area contributed by atoms with E-state index in [4.69, 9.17) is 10.2 Å². The van der Waals surface area contributed by atoms with Crippen molar-refractivity contribution in [3.8, 4) is 0 Å². The van der Waals surface area contributed by atoms with E-state index in [0.29, 0.717) is 12.7 Å². The third-order valence-corrected chi connectivity index (χ3v) is 2.67. The average Bonchev–Trinajstić information content (AvgIpc) is 2.70. The molecule has 0 bridgehead atoms. The van der Waals surface area contributed by atoms with Crippen molar-refractivity contribution in [3.63, 3.8) is 0 Å². The minimum absolute atomic E-state index is 0. The summed E-state index contributed by atoms with van der Waals surface area (Å²) in [7, 11) is 2.04. The number of rotatable bonds is 2. The first-order chi connectivity index (χ1) is 8.20. The molecule has 1 radical (unpaired) electrons. The standard InChI is InChI=1S/C11H14NO.C2H5O2.Y/c1-12-8-7-10(13)11(12)9-5-3-2-4-6-9;3-1-2-4;/h2-6,11,13H,7-8H2,1H3;1,3-4H,2H2;/q2*-1;/t11-;;/m0../s1. The smallest absolute Gasteiger partial charge is 0 e. The maximum absolute atomic E-state index is 9.69. The molecular weight excluding hydrogens is 307 g/mol. The zero-order chi connectivity index (χ0) is 12.7. The first-order valence-corrected chi connectivity index (χ1v) is 5.57. The van der Waals surface area contributed by atoms with Crippen LogP contribution in [0.5, 0.6) is 0 Å². The van der Waals surface area contributed by atoms with E-state index in [9.17, 15) is 5.11 Å². The summed E-state index contributed by atoms with van der Waals surface area (Å²) >= 11 is 0. The molecule has 1 aromatic carbocycles. The van der Waals surface area contributed by atoms with Gasteiger partial charge in [-0.15, -0.1) is 6.42 Å². The molecule has 4 nitrogen and oxygen atoms in total. The Morgan fingerprint density at radius 2 is 1.94 bits per heavy atom. The predicted octanol–water partition coefficient (Wildman–Crippen LogP) is 1.48. The molecule has 0 spiro atoms. The van der Waals surface area contributed by atoms with E-state index in [0.717, 1.165) is 13.0 Å². The second kappa shape index (κ2) is 10.0. The van der Waals surface area contributed by atoms with E-state index in [1.54, 1.807) is 0 Å². The van der Waals surface area contributed by atoms with Crippen LogP contribution in [0.15, 0.2) is 30.3 Å². The Kier molecular flexibility index (Phi) is 10.1. The molecule has 1 aliphatic rings. The molecule has 3 N–H and O–H groups in total. The van der Waals surface area contributed by atoms with E-state index in [1.165, 1.54) is 5.56 Å². The summed E-state index contributed by atoms with van der Waals surface area (Å²) in [5.74, 6) is 0. The first-order valence-electron chi connectivity index (χ1n) is 5.57. The van der Waals surface area contributed by atoms with Crippen LogP contribution < -0.4 is 0 Å². The maximum Gasteiger partial charge on any atom is 0 e. The maximum atomic E-state index is 9.69. The van der Waals surface area contributed by atoms with Crippen molar-refractivity contribution in [2.75, 3.05) is 20.2 Å². The molecule has 2 rings (SSSR count). The zero-order valence-electron chi connectivity index (χ0n) is 10.5. The number of hydrogen-bond acceptors (Lipinski definition) is 4. The fourth-order valence-electron chi connectivity index (χ4n) is 1.89. The van der Waals surface area contributed by atoms with Gasteiger partial charge in [0, 0.05) is 32.7 Å². The Hall–Kier alpha value is 0.164. The van der Waals surface area contributed by atoms with E-state index in [2.05, 4.69) is 17.0 Å². The second-order valence-electron chi connectivity index (χ2n) is 3.90. The van der Waals surface area contributed by atoms with E-state index in [-0.39, 0.29) is 45.4 Å². The average molecular weight is 326 g/mol. The van der Waals surface area contributed by atoms with Crippen molar-refractivity contribution in [1.82, 2.24) is 4.90 Å². The topological polar surface area (TPSA) is 63.9 Å². The molecule has 1 fully saturated rings. The van der Waals surface area contributed by atoms with Gasteiger partial charge in [-0.3, -0.25) is 0 Å².